The van der Waals surface area contributed by atoms with Crippen molar-refractivity contribution in [3.63, 3.8) is 0 Å². The zero-order chi connectivity index (χ0) is 10.4. The lowest BCUT2D eigenvalue weighted by Crippen LogP contribution is -2.27. The van der Waals surface area contributed by atoms with E-state index in [0.717, 1.165) is 5.17 Å². The summed E-state index contributed by atoms with van der Waals surface area (Å²) in [5.74, 6) is 0.147. The number of hydrogen-bond acceptors (Lipinski definition) is 3. The van der Waals surface area contributed by atoms with E-state index < -0.39 is 0 Å². The average molecular weight is 205 g/mol. The lowest BCUT2D eigenvalue weighted by atomic mass is 10.8. The number of nitrogens with zero attached hydrogens (tertiary/aromatic N) is 2. The second-order valence-corrected chi connectivity index (χ2v) is 3.88. The van der Waals surface area contributed by atoms with E-state index in [9.17, 15) is 4.79 Å². The standard InChI is InChI=1S/C8H17N2O2S/c1-9(2)8(10(3)4)13-6-7(11)12-5/h6H2,1-5H3/q+1. The predicted octanol–water partition coefficient (Wildman–Crippen LogP) is 0.0823. The van der Waals surface area contributed by atoms with E-state index >= 15 is 0 Å². The Balaban J connectivity index is 4.15. The van der Waals surface area contributed by atoms with Crippen molar-refractivity contribution in [1.82, 2.24) is 4.90 Å². The van der Waals surface area contributed by atoms with Crippen LogP contribution in [-0.4, -0.2) is 61.7 Å². The van der Waals surface area contributed by atoms with Gasteiger partial charge >= 0.3 is 11.1 Å². The molecule has 0 aliphatic carbocycles. The molecule has 0 aliphatic heterocycles. The molecular formula is C8H17N2O2S+. The van der Waals surface area contributed by atoms with Gasteiger partial charge in [0.2, 0.25) is 0 Å². The molecular weight excluding hydrogens is 188 g/mol. The van der Waals surface area contributed by atoms with E-state index in [2.05, 4.69) is 4.74 Å². The highest BCUT2D eigenvalue weighted by molar-refractivity contribution is 8.14. The third-order valence-corrected chi connectivity index (χ3v) is 2.68. The Kier molecular flexibility index (Phi) is 5.53. The minimum Gasteiger partial charge on any atom is -0.468 e. The van der Waals surface area contributed by atoms with Gasteiger partial charge in [-0.2, -0.15) is 0 Å². The maximum absolute atomic E-state index is 10.9. The summed E-state index contributed by atoms with van der Waals surface area (Å²) >= 11 is 1.46. The number of rotatable bonds is 2. The molecule has 13 heavy (non-hydrogen) atoms. The summed E-state index contributed by atoms with van der Waals surface area (Å²) in [4.78, 5) is 12.8. The normalized spacial score (nSPS) is 9.31. The van der Waals surface area contributed by atoms with Gasteiger partial charge in [0.05, 0.1) is 35.3 Å². The molecule has 0 saturated carbocycles. The molecule has 0 rings (SSSR count). The Labute approximate surface area is 83.6 Å². The molecule has 0 fully saturated rings. The monoisotopic (exact) mass is 205 g/mol. The third-order valence-electron chi connectivity index (χ3n) is 1.31. The van der Waals surface area contributed by atoms with Crippen LogP contribution in [0.15, 0.2) is 0 Å². The van der Waals surface area contributed by atoms with Gasteiger partial charge in [-0.05, 0) is 11.8 Å². The highest BCUT2D eigenvalue weighted by atomic mass is 32.2. The van der Waals surface area contributed by atoms with Crippen molar-refractivity contribution in [2.45, 2.75) is 0 Å². The molecule has 5 heteroatoms. The van der Waals surface area contributed by atoms with Crippen molar-refractivity contribution in [3.8, 4) is 0 Å². The predicted molar refractivity (Wildman–Crippen MR) is 55.3 cm³/mol. The van der Waals surface area contributed by atoms with E-state index in [1.54, 1.807) is 0 Å². The zero-order valence-electron chi connectivity index (χ0n) is 8.83. The molecule has 0 unspecified atom stereocenters. The van der Waals surface area contributed by atoms with Crippen molar-refractivity contribution in [3.05, 3.63) is 0 Å². The fraction of sp³-hybridized carbons (Fsp3) is 0.750. The molecule has 0 radical (unpaired) electrons. The van der Waals surface area contributed by atoms with Crippen LogP contribution in [0.3, 0.4) is 0 Å². The van der Waals surface area contributed by atoms with Gasteiger partial charge in [-0.1, -0.05) is 0 Å². The van der Waals surface area contributed by atoms with Crippen LogP contribution in [-0.2, 0) is 9.53 Å². The van der Waals surface area contributed by atoms with E-state index in [-0.39, 0.29) is 5.97 Å². The molecule has 0 spiro atoms. The van der Waals surface area contributed by atoms with E-state index in [4.69, 9.17) is 0 Å². The minimum absolute atomic E-state index is 0.203. The van der Waals surface area contributed by atoms with Crippen LogP contribution in [0.4, 0.5) is 0 Å². The maximum Gasteiger partial charge on any atom is 0.316 e. The molecule has 4 nitrogen and oxygen atoms in total. The van der Waals surface area contributed by atoms with Gasteiger partial charge in [0.1, 0.15) is 5.75 Å². The molecule has 0 N–H and O–H groups in total. The highest BCUT2D eigenvalue weighted by Gasteiger charge is 2.14. The smallest absolute Gasteiger partial charge is 0.316 e. The van der Waals surface area contributed by atoms with Gasteiger partial charge < -0.3 is 4.74 Å². The summed E-state index contributed by atoms with van der Waals surface area (Å²) in [5, 5.41) is 1.03. The molecule has 76 valence electrons. The summed E-state index contributed by atoms with van der Waals surface area (Å²) < 4.78 is 6.52. The first-order valence-electron chi connectivity index (χ1n) is 3.90. The summed E-state index contributed by atoms with van der Waals surface area (Å²) in [7, 11) is 9.17. The second-order valence-electron chi connectivity index (χ2n) is 2.94. The van der Waals surface area contributed by atoms with Gasteiger partial charge in [0.15, 0.2) is 0 Å². The highest BCUT2D eigenvalue weighted by Crippen LogP contribution is 2.05. The van der Waals surface area contributed by atoms with Crippen LogP contribution in [0.5, 0.6) is 0 Å². The maximum atomic E-state index is 10.9. The lowest BCUT2D eigenvalue weighted by Gasteiger charge is -2.09. The first kappa shape index (κ1) is 12.3. The molecule has 0 heterocycles. The SMILES string of the molecule is COC(=O)CSC(N(C)C)=[N+](C)C. The number of carbonyl (C=O) groups excluding carboxylic acids is 1. The summed E-state index contributed by atoms with van der Waals surface area (Å²) in [6.07, 6.45) is 0. The van der Waals surface area contributed by atoms with Crippen LogP contribution in [0.1, 0.15) is 0 Å². The topological polar surface area (TPSA) is 32.5 Å². The van der Waals surface area contributed by atoms with Crippen LogP contribution in [0.2, 0.25) is 0 Å². The number of thioether (sulfide) groups is 1. The van der Waals surface area contributed by atoms with Crippen LogP contribution < -0.4 is 0 Å². The molecule has 0 saturated heterocycles. The Morgan fingerprint density at radius 1 is 1.46 bits per heavy atom. The van der Waals surface area contributed by atoms with Gasteiger partial charge in [0.25, 0.3) is 0 Å². The molecule has 0 bridgehead atoms. The van der Waals surface area contributed by atoms with Gasteiger partial charge in [-0.15, -0.1) is 0 Å². The van der Waals surface area contributed by atoms with Gasteiger partial charge in [-0.25, -0.2) is 0 Å². The van der Waals surface area contributed by atoms with E-state index in [0.29, 0.717) is 5.75 Å². The molecule has 0 aliphatic rings. The molecule has 0 aromatic rings. The largest absolute Gasteiger partial charge is 0.468 e. The van der Waals surface area contributed by atoms with Crippen LogP contribution >= 0.6 is 11.8 Å². The van der Waals surface area contributed by atoms with Gasteiger partial charge in [-0.3, -0.25) is 14.3 Å². The lowest BCUT2D eigenvalue weighted by molar-refractivity contribution is -0.466. The van der Waals surface area contributed by atoms with Crippen molar-refractivity contribution < 1.29 is 14.1 Å². The fourth-order valence-corrected chi connectivity index (χ4v) is 1.72. The van der Waals surface area contributed by atoms with Crippen molar-refractivity contribution >= 4 is 22.9 Å². The number of carbonyl (C=O) groups is 1. The average Bonchev–Trinajstić information content (AvgIpc) is 2.03. The number of methoxy groups -OCH3 is 1. The Morgan fingerprint density at radius 3 is 2.31 bits per heavy atom. The molecule has 0 aromatic heterocycles. The fourth-order valence-electron chi connectivity index (χ4n) is 0.841. The van der Waals surface area contributed by atoms with Crippen molar-refractivity contribution in [2.75, 3.05) is 41.1 Å². The number of esters is 1. The Hall–Kier alpha value is -0.710. The van der Waals surface area contributed by atoms with Crippen molar-refractivity contribution in [2.24, 2.45) is 0 Å². The first-order valence-corrected chi connectivity index (χ1v) is 4.88. The number of hydrogen-bond donors (Lipinski definition) is 0. The third kappa shape index (κ3) is 4.77. The van der Waals surface area contributed by atoms with Crippen molar-refractivity contribution in [1.29, 1.82) is 0 Å². The van der Waals surface area contributed by atoms with E-state index in [1.807, 2.05) is 37.7 Å². The van der Waals surface area contributed by atoms with Crippen LogP contribution in [0, 0.1) is 0 Å². The minimum atomic E-state index is -0.203. The van der Waals surface area contributed by atoms with E-state index in [1.165, 1.54) is 18.9 Å². The molecule has 0 amide bonds. The second kappa shape index (κ2) is 5.85. The first-order chi connectivity index (χ1) is 5.99. The van der Waals surface area contributed by atoms with Gasteiger partial charge in [0, 0.05) is 0 Å². The molecule has 0 atom stereocenters. The molecule has 0 aromatic carbocycles. The summed E-state index contributed by atoms with van der Waals surface area (Å²) in [6.45, 7) is 0. The summed E-state index contributed by atoms with van der Waals surface area (Å²) in [6, 6.07) is 0. The quantitative estimate of drug-likeness (QED) is 0.277. The number of ether oxygens (including phenoxy) is 1. The Morgan fingerprint density at radius 2 is 2.00 bits per heavy atom. The zero-order valence-corrected chi connectivity index (χ0v) is 9.64. The Bertz CT molecular complexity index is 210. The van der Waals surface area contributed by atoms with Crippen LogP contribution in [0.25, 0.3) is 0 Å². The summed E-state index contributed by atoms with van der Waals surface area (Å²) in [5.41, 5.74) is 0. The number of amidine groups is 1.